The van der Waals surface area contributed by atoms with E-state index in [-0.39, 0.29) is 29.6 Å². The lowest BCUT2D eigenvalue weighted by molar-refractivity contribution is -0.114. The molecule has 1 saturated heterocycles. The zero-order valence-electron chi connectivity index (χ0n) is 15.6. The summed E-state index contributed by atoms with van der Waals surface area (Å²) in [5.74, 6) is -0.779. The van der Waals surface area contributed by atoms with Gasteiger partial charge < -0.3 is 20.4 Å². The van der Waals surface area contributed by atoms with Crippen molar-refractivity contribution in [3.8, 4) is 0 Å². The predicted octanol–water partition coefficient (Wildman–Crippen LogP) is 1.55. The minimum absolute atomic E-state index is 0.0193. The van der Waals surface area contributed by atoms with Crippen molar-refractivity contribution >= 4 is 33.2 Å². The van der Waals surface area contributed by atoms with Gasteiger partial charge in [-0.2, -0.15) is 4.31 Å². The van der Waals surface area contributed by atoms with E-state index in [2.05, 4.69) is 15.6 Å². The Balaban J connectivity index is 1.80. The van der Waals surface area contributed by atoms with E-state index in [9.17, 15) is 18.0 Å². The molecule has 2 aromatic rings. The zero-order chi connectivity index (χ0) is 20.3. The molecule has 0 spiro atoms. The molecular formula is C18H22N4O5S. The van der Waals surface area contributed by atoms with Crippen LogP contribution in [0.3, 0.4) is 0 Å². The molecule has 0 unspecified atom stereocenters. The lowest BCUT2D eigenvalue weighted by Gasteiger charge is -2.25. The Morgan fingerprint density at radius 3 is 2.50 bits per heavy atom. The van der Waals surface area contributed by atoms with Gasteiger partial charge in [-0.1, -0.05) is 6.07 Å². The van der Waals surface area contributed by atoms with Crippen LogP contribution in [0.15, 0.2) is 35.4 Å². The molecule has 150 valence electrons. The van der Waals surface area contributed by atoms with Crippen LogP contribution in [0, 0.1) is 6.92 Å². The number of carbonyl (C=O) groups is 2. The predicted molar refractivity (Wildman–Crippen MR) is 104 cm³/mol. The molecule has 1 aliphatic heterocycles. The van der Waals surface area contributed by atoms with E-state index in [4.69, 9.17) is 4.74 Å². The molecule has 1 aliphatic rings. The van der Waals surface area contributed by atoms with E-state index in [0.29, 0.717) is 24.6 Å². The first-order valence-corrected chi connectivity index (χ1v) is 10.2. The maximum atomic E-state index is 12.7. The van der Waals surface area contributed by atoms with Crippen LogP contribution in [0.5, 0.6) is 0 Å². The van der Waals surface area contributed by atoms with Crippen molar-refractivity contribution in [1.82, 2.24) is 9.29 Å². The number of morpholine rings is 1. The lowest BCUT2D eigenvalue weighted by Crippen LogP contribution is -2.40. The number of carbonyl (C=O) groups excluding carboxylic acids is 2. The Bertz CT molecular complexity index is 993. The zero-order valence-corrected chi connectivity index (χ0v) is 16.4. The number of hydrogen-bond acceptors (Lipinski definition) is 5. The van der Waals surface area contributed by atoms with Gasteiger partial charge in [0, 0.05) is 26.2 Å². The number of aromatic nitrogens is 1. The third kappa shape index (κ3) is 4.41. The largest absolute Gasteiger partial charge is 0.379 e. The number of sulfonamides is 1. The minimum Gasteiger partial charge on any atom is -0.379 e. The number of amides is 2. The fourth-order valence-corrected chi connectivity index (χ4v) is 4.24. The number of benzene rings is 1. The Hall–Kier alpha value is -2.69. The van der Waals surface area contributed by atoms with Crippen LogP contribution in [0.2, 0.25) is 0 Å². The molecule has 9 nitrogen and oxygen atoms in total. The van der Waals surface area contributed by atoms with Crippen LogP contribution >= 0.6 is 0 Å². The van der Waals surface area contributed by atoms with Gasteiger partial charge in [0.1, 0.15) is 10.6 Å². The molecule has 1 aromatic carbocycles. The highest BCUT2D eigenvalue weighted by Crippen LogP contribution is 2.24. The van der Waals surface area contributed by atoms with Crippen molar-refractivity contribution in [3.05, 3.63) is 41.7 Å². The van der Waals surface area contributed by atoms with Crippen molar-refractivity contribution < 1.29 is 22.7 Å². The van der Waals surface area contributed by atoms with E-state index in [1.807, 2.05) is 13.0 Å². The summed E-state index contributed by atoms with van der Waals surface area (Å²) in [5.41, 5.74) is 1.88. The van der Waals surface area contributed by atoms with Crippen LogP contribution in [0.4, 0.5) is 11.4 Å². The van der Waals surface area contributed by atoms with Gasteiger partial charge in [-0.15, -0.1) is 0 Å². The SMILES string of the molecule is CC(=O)Nc1ccc(C)cc1NC(=O)c1cc(S(=O)(=O)N2CCOCC2)c[nH]1. The molecule has 0 radical (unpaired) electrons. The van der Waals surface area contributed by atoms with E-state index in [0.717, 1.165) is 5.56 Å². The van der Waals surface area contributed by atoms with Gasteiger partial charge in [0.2, 0.25) is 15.9 Å². The highest BCUT2D eigenvalue weighted by molar-refractivity contribution is 7.89. The quantitative estimate of drug-likeness (QED) is 0.696. The number of nitrogens with one attached hydrogen (secondary N) is 3. The Morgan fingerprint density at radius 2 is 1.82 bits per heavy atom. The lowest BCUT2D eigenvalue weighted by atomic mass is 10.2. The van der Waals surface area contributed by atoms with Crippen LogP contribution in [0.1, 0.15) is 23.0 Å². The first-order chi connectivity index (χ1) is 13.3. The number of ether oxygens (including phenoxy) is 1. The third-order valence-corrected chi connectivity index (χ3v) is 6.12. The Morgan fingerprint density at radius 1 is 1.11 bits per heavy atom. The number of aryl methyl sites for hydroxylation is 1. The standard InChI is InChI=1S/C18H22N4O5S/c1-12-3-4-15(20-13(2)23)16(9-12)21-18(24)17-10-14(11-19-17)28(25,26)22-5-7-27-8-6-22/h3-4,9-11,19H,5-8H2,1-2H3,(H,20,23)(H,21,24). The van der Waals surface area contributed by atoms with Gasteiger partial charge in [0.15, 0.2) is 0 Å². The van der Waals surface area contributed by atoms with Gasteiger partial charge >= 0.3 is 0 Å². The Kier molecular flexibility index (Phi) is 5.82. The van der Waals surface area contributed by atoms with Crippen LogP contribution in [-0.4, -0.2) is 55.8 Å². The molecule has 0 saturated carbocycles. The fraction of sp³-hybridized carbons (Fsp3) is 0.333. The first kappa shape index (κ1) is 20.1. The number of nitrogens with zero attached hydrogens (tertiary/aromatic N) is 1. The van der Waals surface area contributed by atoms with Gasteiger partial charge in [-0.25, -0.2) is 8.42 Å². The number of aromatic amines is 1. The molecule has 1 fully saturated rings. The molecular weight excluding hydrogens is 384 g/mol. The highest BCUT2D eigenvalue weighted by Gasteiger charge is 2.28. The van der Waals surface area contributed by atoms with Crippen LogP contribution in [-0.2, 0) is 19.6 Å². The molecule has 0 aliphatic carbocycles. The first-order valence-electron chi connectivity index (χ1n) is 8.73. The second-order valence-corrected chi connectivity index (χ2v) is 8.39. The summed E-state index contributed by atoms with van der Waals surface area (Å²) in [6.07, 6.45) is 1.30. The third-order valence-electron chi connectivity index (χ3n) is 4.24. The molecule has 3 N–H and O–H groups in total. The van der Waals surface area contributed by atoms with Gasteiger partial charge in [0.25, 0.3) is 5.91 Å². The van der Waals surface area contributed by atoms with E-state index in [1.165, 1.54) is 23.5 Å². The highest BCUT2D eigenvalue weighted by atomic mass is 32.2. The Labute approximate surface area is 163 Å². The van der Waals surface area contributed by atoms with E-state index in [1.54, 1.807) is 12.1 Å². The maximum Gasteiger partial charge on any atom is 0.272 e. The van der Waals surface area contributed by atoms with Crippen molar-refractivity contribution in [2.45, 2.75) is 18.7 Å². The molecule has 0 atom stereocenters. The maximum absolute atomic E-state index is 12.7. The smallest absolute Gasteiger partial charge is 0.272 e. The monoisotopic (exact) mass is 406 g/mol. The number of anilines is 2. The topological polar surface area (TPSA) is 121 Å². The van der Waals surface area contributed by atoms with Gasteiger partial charge in [-0.3, -0.25) is 9.59 Å². The number of hydrogen-bond donors (Lipinski definition) is 3. The molecule has 0 bridgehead atoms. The molecule has 2 amide bonds. The van der Waals surface area contributed by atoms with Crippen molar-refractivity contribution in [3.63, 3.8) is 0 Å². The summed E-state index contributed by atoms with van der Waals surface area (Å²) in [7, 11) is -3.69. The van der Waals surface area contributed by atoms with Crippen LogP contribution < -0.4 is 10.6 Å². The van der Waals surface area contributed by atoms with E-state index < -0.39 is 15.9 Å². The molecule has 28 heavy (non-hydrogen) atoms. The van der Waals surface area contributed by atoms with E-state index >= 15 is 0 Å². The second-order valence-electron chi connectivity index (χ2n) is 6.45. The minimum atomic E-state index is -3.69. The average Bonchev–Trinajstić information content (AvgIpc) is 3.15. The molecule has 2 heterocycles. The summed E-state index contributed by atoms with van der Waals surface area (Å²) < 4.78 is 31.9. The summed E-state index contributed by atoms with van der Waals surface area (Å²) in [6, 6.07) is 6.52. The summed E-state index contributed by atoms with van der Waals surface area (Å²) in [6.45, 7) is 4.47. The van der Waals surface area contributed by atoms with Crippen molar-refractivity contribution in [2.75, 3.05) is 36.9 Å². The average molecular weight is 406 g/mol. The van der Waals surface area contributed by atoms with Crippen molar-refractivity contribution in [1.29, 1.82) is 0 Å². The van der Waals surface area contributed by atoms with Crippen molar-refractivity contribution in [2.24, 2.45) is 0 Å². The number of rotatable bonds is 5. The summed E-state index contributed by atoms with van der Waals surface area (Å²) in [5, 5.41) is 5.36. The molecule has 3 rings (SSSR count). The normalized spacial score (nSPS) is 15.2. The summed E-state index contributed by atoms with van der Waals surface area (Å²) in [4.78, 5) is 26.7. The van der Waals surface area contributed by atoms with Gasteiger partial charge in [0.05, 0.1) is 24.6 Å². The second kappa shape index (κ2) is 8.13. The van der Waals surface area contributed by atoms with Gasteiger partial charge in [-0.05, 0) is 30.7 Å². The molecule has 10 heteroatoms. The molecule has 1 aromatic heterocycles. The van der Waals surface area contributed by atoms with Crippen LogP contribution in [0.25, 0.3) is 0 Å². The fourth-order valence-electron chi connectivity index (χ4n) is 2.84. The number of H-pyrrole nitrogens is 1. The summed E-state index contributed by atoms with van der Waals surface area (Å²) >= 11 is 0.